The molecule has 0 saturated heterocycles. The van der Waals surface area contributed by atoms with Gasteiger partial charge in [-0.3, -0.25) is 0 Å². The molecule has 0 spiro atoms. The van der Waals surface area contributed by atoms with Crippen LogP contribution >= 0.6 is 0 Å². The predicted octanol–water partition coefficient (Wildman–Crippen LogP) is 3.50. The van der Waals surface area contributed by atoms with Gasteiger partial charge in [0.2, 0.25) is 0 Å². The Bertz CT molecular complexity index is 521. The molecule has 0 fully saturated rings. The first-order valence-electron chi connectivity index (χ1n) is 6.04. The molecule has 0 aliphatic heterocycles. The molecular formula is C13H14F3N3O. The highest BCUT2D eigenvalue weighted by molar-refractivity contribution is 5.89. The third-order valence-corrected chi connectivity index (χ3v) is 2.52. The molecule has 2 amide bonds. The van der Waals surface area contributed by atoms with Crippen molar-refractivity contribution in [1.82, 2.24) is 5.32 Å². The zero-order valence-electron chi connectivity index (χ0n) is 10.8. The Labute approximate surface area is 114 Å². The lowest BCUT2D eigenvalue weighted by Crippen LogP contribution is -2.29. The van der Waals surface area contributed by atoms with E-state index in [-0.39, 0.29) is 5.69 Å². The molecule has 2 N–H and O–H groups in total. The summed E-state index contributed by atoms with van der Waals surface area (Å²) >= 11 is 0. The largest absolute Gasteiger partial charge is 0.417 e. The zero-order valence-corrected chi connectivity index (χ0v) is 10.8. The molecule has 1 aromatic carbocycles. The summed E-state index contributed by atoms with van der Waals surface area (Å²) in [6, 6.07) is 3.94. The number of benzene rings is 1. The maximum atomic E-state index is 12.7. The summed E-state index contributed by atoms with van der Waals surface area (Å²) in [6.45, 7) is 2.40. The lowest BCUT2D eigenvalue weighted by molar-refractivity contribution is -0.137. The van der Waals surface area contributed by atoms with Gasteiger partial charge in [-0.1, -0.05) is 13.3 Å². The number of hydrogen-bond donors (Lipinski definition) is 2. The monoisotopic (exact) mass is 285 g/mol. The van der Waals surface area contributed by atoms with E-state index < -0.39 is 23.3 Å². The number of unbranched alkanes of at least 4 members (excludes halogenated alkanes) is 1. The molecule has 0 atom stereocenters. The van der Waals surface area contributed by atoms with Gasteiger partial charge in [0.05, 0.1) is 17.2 Å². The Balaban J connectivity index is 2.83. The molecule has 20 heavy (non-hydrogen) atoms. The normalized spacial score (nSPS) is 10.8. The number of alkyl halides is 3. The van der Waals surface area contributed by atoms with Gasteiger partial charge in [-0.25, -0.2) is 4.79 Å². The first-order chi connectivity index (χ1) is 9.38. The number of hydrogen-bond acceptors (Lipinski definition) is 2. The third kappa shape index (κ3) is 4.46. The van der Waals surface area contributed by atoms with E-state index in [0.29, 0.717) is 6.54 Å². The Kier molecular flexibility index (Phi) is 5.38. The first-order valence-corrected chi connectivity index (χ1v) is 6.04. The minimum absolute atomic E-state index is 0.00896. The van der Waals surface area contributed by atoms with Crippen molar-refractivity contribution in [3.63, 3.8) is 0 Å². The molecule has 0 aliphatic carbocycles. The molecule has 0 bridgehead atoms. The van der Waals surface area contributed by atoms with E-state index in [0.717, 1.165) is 25.0 Å². The second-order valence-corrected chi connectivity index (χ2v) is 4.10. The van der Waals surface area contributed by atoms with Gasteiger partial charge in [-0.15, -0.1) is 0 Å². The summed E-state index contributed by atoms with van der Waals surface area (Å²) in [6.07, 6.45) is -2.95. The van der Waals surface area contributed by atoms with E-state index in [1.54, 1.807) is 0 Å². The number of nitriles is 1. The smallest absolute Gasteiger partial charge is 0.338 e. The van der Waals surface area contributed by atoms with Crippen LogP contribution in [0, 0.1) is 11.3 Å². The summed E-state index contributed by atoms with van der Waals surface area (Å²) in [4.78, 5) is 11.4. The summed E-state index contributed by atoms with van der Waals surface area (Å²) in [5.41, 5.74) is -1.55. The van der Waals surface area contributed by atoms with Crippen molar-refractivity contribution in [2.75, 3.05) is 11.9 Å². The maximum absolute atomic E-state index is 12.7. The van der Waals surface area contributed by atoms with Crippen molar-refractivity contribution < 1.29 is 18.0 Å². The van der Waals surface area contributed by atoms with E-state index in [2.05, 4.69) is 10.6 Å². The summed E-state index contributed by atoms with van der Waals surface area (Å²) < 4.78 is 38.2. The van der Waals surface area contributed by atoms with Crippen molar-refractivity contribution >= 4 is 11.7 Å². The molecule has 0 saturated carbocycles. The molecular weight excluding hydrogens is 271 g/mol. The minimum Gasteiger partial charge on any atom is -0.338 e. The minimum atomic E-state index is -4.64. The molecule has 0 radical (unpaired) electrons. The van der Waals surface area contributed by atoms with Crippen LogP contribution in [0.4, 0.5) is 23.7 Å². The van der Waals surface area contributed by atoms with E-state index in [1.165, 1.54) is 12.1 Å². The van der Waals surface area contributed by atoms with E-state index in [4.69, 9.17) is 5.26 Å². The van der Waals surface area contributed by atoms with Crippen LogP contribution in [0.15, 0.2) is 18.2 Å². The summed E-state index contributed by atoms with van der Waals surface area (Å²) in [5, 5.41) is 13.5. The van der Waals surface area contributed by atoms with Crippen LogP contribution in [0.2, 0.25) is 0 Å². The van der Waals surface area contributed by atoms with Crippen molar-refractivity contribution in [3.8, 4) is 6.07 Å². The Morgan fingerprint density at radius 3 is 2.65 bits per heavy atom. The molecule has 0 heterocycles. The van der Waals surface area contributed by atoms with Crippen LogP contribution in [0.5, 0.6) is 0 Å². The molecule has 0 aliphatic rings. The number of carbonyl (C=O) groups is 1. The molecule has 1 rings (SSSR count). The quantitative estimate of drug-likeness (QED) is 0.831. The highest BCUT2D eigenvalue weighted by Gasteiger charge is 2.33. The molecule has 108 valence electrons. The van der Waals surface area contributed by atoms with E-state index >= 15 is 0 Å². The van der Waals surface area contributed by atoms with Crippen LogP contribution in [0.3, 0.4) is 0 Å². The molecule has 1 aromatic rings. The molecule has 7 heteroatoms. The van der Waals surface area contributed by atoms with Crippen molar-refractivity contribution in [3.05, 3.63) is 29.3 Å². The van der Waals surface area contributed by atoms with Crippen LogP contribution in [-0.2, 0) is 6.18 Å². The van der Waals surface area contributed by atoms with Crippen molar-refractivity contribution in [2.24, 2.45) is 0 Å². The predicted molar refractivity (Wildman–Crippen MR) is 68.1 cm³/mol. The van der Waals surface area contributed by atoms with Gasteiger partial charge in [0.1, 0.15) is 0 Å². The number of halogens is 3. The number of urea groups is 1. The van der Waals surface area contributed by atoms with Gasteiger partial charge in [0.15, 0.2) is 0 Å². The second-order valence-electron chi connectivity index (χ2n) is 4.10. The fourth-order valence-electron chi connectivity index (χ4n) is 1.51. The average molecular weight is 285 g/mol. The highest BCUT2D eigenvalue weighted by Crippen LogP contribution is 2.33. The Morgan fingerprint density at radius 2 is 2.10 bits per heavy atom. The first kappa shape index (κ1) is 15.8. The van der Waals surface area contributed by atoms with Crippen molar-refractivity contribution in [2.45, 2.75) is 25.9 Å². The molecule has 0 aromatic heterocycles. The van der Waals surface area contributed by atoms with Gasteiger partial charge in [-0.05, 0) is 24.6 Å². The van der Waals surface area contributed by atoms with Crippen LogP contribution in [0.25, 0.3) is 0 Å². The number of nitrogens with one attached hydrogen (secondary N) is 2. The highest BCUT2D eigenvalue weighted by atomic mass is 19.4. The topological polar surface area (TPSA) is 64.9 Å². The SMILES string of the molecule is CCCCNC(=O)Nc1ccc(C#N)c(C(F)(F)F)c1. The molecule has 4 nitrogen and oxygen atoms in total. The second kappa shape index (κ2) is 6.80. The summed E-state index contributed by atoms with van der Waals surface area (Å²) in [5.74, 6) is 0. The Morgan fingerprint density at radius 1 is 1.40 bits per heavy atom. The van der Waals surface area contributed by atoms with Crippen LogP contribution in [0.1, 0.15) is 30.9 Å². The zero-order chi connectivity index (χ0) is 15.2. The number of carbonyl (C=O) groups excluding carboxylic acids is 1. The molecule has 0 unspecified atom stereocenters. The van der Waals surface area contributed by atoms with Gasteiger partial charge in [0.25, 0.3) is 0 Å². The lowest BCUT2D eigenvalue weighted by Gasteiger charge is -2.12. The maximum Gasteiger partial charge on any atom is 0.417 e. The number of nitrogens with zero attached hydrogens (tertiary/aromatic N) is 1. The van der Waals surface area contributed by atoms with Gasteiger partial charge < -0.3 is 10.6 Å². The number of rotatable bonds is 4. The fraction of sp³-hybridized carbons (Fsp3) is 0.385. The van der Waals surface area contributed by atoms with Crippen LogP contribution < -0.4 is 10.6 Å². The van der Waals surface area contributed by atoms with Crippen LogP contribution in [-0.4, -0.2) is 12.6 Å². The fourth-order valence-corrected chi connectivity index (χ4v) is 1.51. The summed E-state index contributed by atoms with van der Waals surface area (Å²) in [7, 11) is 0. The average Bonchev–Trinajstić information content (AvgIpc) is 2.38. The number of anilines is 1. The van der Waals surface area contributed by atoms with E-state index in [1.807, 2.05) is 6.92 Å². The van der Waals surface area contributed by atoms with Gasteiger partial charge in [-0.2, -0.15) is 18.4 Å². The van der Waals surface area contributed by atoms with E-state index in [9.17, 15) is 18.0 Å². The Hall–Kier alpha value is -2.23. The number of amides is 2. The van der Waals surface area contributed by atoms with Crippen molar-refractivity contribution in [1.29, 1.82) is 5.26 Å². The lowest BCUT2D eigenvalue weighted by atomic mass is 10.1. The third-order valence-electron chi connectivity index (χ3n) is 2.52. The van der Waals surface area contributed by atoms with Gasteiger partial charge >= 0.3 is 12.2 Å². The van der Waals surface area contributed by atoms with Gasteiger partial charge in [0, 0.05) is 12.2 Å². The standard InChI is InChI=1S/C13H14F3N3O/c1-2-3-6-18-12(20)19-10-5-4-9(8-17)11(7-10)13(14,15)16/h4-5,7H,2-3,6H2,1H3,(H2,18,19,20).